The molecule has 0 aliphatic heterocycles. The third kappa shape index (κ3) is 5.04. The molecule has 10 aromatic rings. The van der Waals surface area contributed by atoms with Crippen molar-refractivity contribution in [1.29, 1.82) is 0 Å². The lowest BCUT2D eigenvalue weighted by atomic mass is 9.97. The molecule has 0 aliphatic carbocycles. The van der Waals surface area contributed by atoms with E-state index in [0.29, 0.717) is 0 Å². The van der Waals surface area contributed by atoms with E-state index in [1.807, 2.05) is 0 Å². The molecule has 1 heterocycles. The third-order valence-electron chi connectivity index (χ3n) is 10.3. The van der Waals surface area contributed by atoms with Crippen LogP contribution in [0.25, 0.3) is 76.9 Å². The van der Waals surface area contributed by atoms with E-state index < -0.39 is 0 Å². The van der Waals surface area contributed by atoms with Crippen molar-refractivity contribution >= 4 is 60.5 Å². The Bertz CT molecular complexity index is 2880. The molecule has 0 saturated carbocycles. The van der Waals surface area contributed by atoms with E-state index in [0.717, 1.165) is 55.5 Å². The van der Waals surface area contributed by atoms with Crippen molar-refractivity contribution in [2.75, 3.05) is 4.90 Å². The molecule has 1 aromatic heterocycles. The Balaban J connectivity index is 1.15. The van der Waals surface area contributed by atoms with Crippen LogP contribution in [0.4, 0.5) is 17.1 Å². The van der Waals surface area contributed by atoms with E-state index in [9.17, 15) is 0 Å². The summed E-state index contributed by atoms with van der Waals surface area (Å²) in [6.45, 7) is 0. The summed E-state index contributed by atoms with van der Waals surface area (Å²) in [5.41, 5.74) is 12.0. The monoisotopic (exact) mass is 663 g/mol. The van der Waals surface area contributed by atoms with Gasteiger partial charge in [0.15, 0.2) is 0 Å². The summed E-state index contributed by atoms with van der Waals surface area (Å²) in [6.07, 6.45) is 0. The van der Waals surface area contributed by atoms with Gasteiger partial charge in [0.05, 0.1) is 5.69 Å². The van der Waals surface area contributed by atoms with Gasteiger partial charge in [-0.05, 0) is 74.8 Å². The second-order valence-electron chi connectivity index (χ2n) is 13.3. The Morgan fingerprint density at radius 1 is 0.288 bits per heavy atom. The lowest BCUT2D eigenvalue weighted by molar-refractivity contribution is 0.674. The summed E-state index contributed by atoms with van der Waals surface area (Å²) in [4.78, 5) is 2.37. The summed E-state index contributed by atoms with van der Waals surface area (Å²) >= 11 is 0. The summed E-state index contributed by atoms with van der Waals surface area (Å²) < 4.78 is 6.84. The standard InChI is InChI=1S/C50H33NO/c1-2-12-34(13-3-1)35-24-29-39(30-25-35)51(40-31-26-38(27-32-40)42-20-10-16-36-14-4-6-17-41(36)42)48-23-9-8-19-44(48)45-21-11-22-46-47-33-28-37-15-5-7-18-43(37)49(47)52-50(45)46/h1-33H. The van der Waals surface area contributed by atoms with Crippen LogP contribution in [0, 0.1) is 0 Å². The molecule has 2 heteroatoms. The highest BCUT2D eigenvalue weighted by Gasteiger charge is 2.21. The molecular weight excluding hydrogens is 631 g/mol. The normalized spacial score (nSPS) is 11.5. The van der Waals surface area contributed by atoms with Crippen molar-refractivity contribution in [1.82, 2.24) is 0 Å². The van der Waals surface area contributed by atoms with Gasteiger partial charge in [0.2, 0.25) is 0 Å². The van der Waals surface area contributed by atoms with Gasteiger partial charge >= 0.3 is 0 Å². The van der Waals surface area contributed by atoms with Gasteiger partial charge in [-0.3, -0.25) is 0 Å². The highest BCUT2D eigenvalue weighted by atomic mass is 16.3. The van der Waals surface area contributed by atoms with Crippen molar-refractivity contribution in [3.05, 3.63) is 200 Å². The van der Waals surface area contributed by atoms with Crippen LogP contribution >= 0.6 is 0 Å². The minimum Gasteiger partial charge on any atom is -0.455 e. The van der Waals surface area contributed by atoms with Crippen LogP contribution in [0.5, 0.6) is 0 Å². The summed E-state index contributed by atoms with van der Waals surface area (Å²) in [6, 6.07) is 71.6. The fraction of sp³-hybridized carbons (Fsp3) is 0. The first kappa shape index (κ1) is 30.0. The molecule has 2 nitrogen and oxygen atoms in total. The van der Waals surface area contributed by atoms with Crippen molar-refractivity contribution in [3.63, 3.8) is 0 Å². The Hall–Kier alpha value is -6.90. The van der Waals surface area contributed by atoms with Crippen LogP contribution in [0.1, 0.15) is 0 Å². The van der Waals surface area contributed by atoms with Crippen LogP contribution in [-0.4, -0.2) is 0 Å². The van der Waals surface area contributed by atoms with Gasteiger partial charge in [0, 0.05) is 38.7 Å². The zero-order valence-electron chi connectivity index (χ0n) is 28.4. The minimum atomic E-state index is 0.895. The van der Waals surface area contributed by atoms with Gasteiger partial charge in [0.1, 0.15) is 11.2 Å². The molecule has 9 aromatic carbocycles. The van der Waals surface area contributed by atoms with Crippen LogP contribution < -0.4 is 4.90 Å². The fourth-order valence-corrected chi connectivity index (χ4v) is 7.76. The molecule has 0 fully saturated rings. The lowest BCUT2D eigenvalue weighted by Crippen LogP contribution is -2.11. The molecule has 0 saturated heterocycles. The number of hydrogen-bond donors (Lipinski definition) is 0. The quantitative estimate of drug-likeness (QED) is 0.176. The summed E-state index contributed by atoms with van der Waals surface area (Å²) in [7, 11) is 0. The minimum absolute atomic E-state index is 0.895. The maximum atomic E-state index is 6.84. The van der Waals surface area contributed by atoms with Gasteiger partial charge in [-0.1, -0.05) is 164 Å². The smallest absolute Gasteiger partial charge is 0.143 e. The number of fused-ring (bicyclic) bond motifs is 6. The van der Waals surface area contributed by atoms with Crippen LogP contribution in [-0.2, 0) is 0 Å². The second-order valence-corrected chi connectivity index (χ2v) is 13.3. The van der Waals surface area contributed by atoms with Crippen molar-refractivity contribution in [2.45, 2.75) is 0 Å². The zero-order chi connectivity index (χ0) is 34.4. The lowest BCUT2D eigenvalue weighted by Gasteiger charge is -2.28. The van der Waals surface area contributed by atoms with E-state index in [1.54, 1.807) is 0 Å². The summed E-state index contributed by atoms with van der Waals surface area (Å²) in [5, 5.41) is 7.04. The van der Waals surface area contributed by atoms with Gasteiger partial charge < -0.3 is 9.32 Å². The number of anilines is 3. The Morgan fingerprint density at radius 3 is 1.60 bits per heavy atom. The SMILES string of the molecule is c1ccc(-c2ccc(N(c3ccc(-c4cccc5ccccc45)cc3)c3ccccc3-c3cccc4c3oc3c5ccccc5ccc43)cc2)cc1. The summed E-state index contributed by atoms with van der Waals surface area (Å²) in [5.74, 6) is 0. The molecule has 0 amide bonds. The van der Waals surface area contributed by atoms with Gasteiger partial charge in [-0.2, -0.15) is 0 Å². The molecule has 0 unspecified atom stereocenters. The molecule has 244 valence electrons. The molecule has 0 N–H and O–H groups in total. The molecule has 0 radical (unpaired) electrons. The Kier molecular flexibility index (Phi) is 7.18. The molecule has 0 spiro atoms. The maximum absolute atomic E-state index is 6.84. The van der Waals surface area contributed by atoms with Gasteiger partial charge in [-0.15, -0.1) is 0 Å². The predicted molar refractivity (Wildman–Crippen MR) is 220 cm³/mol. The number of rotatable bonds is 6. The highest BCUT2D eigenvalue weighted by molar-refractivity contribution is 6.17. The van der Waals surface area contributed by atoms with Crippen LogP contribution in [0.2, 0.25) is 0 Å². The van der Waals surface area contributed by atoms with Crippen molar-refractivity contribution in [3.8, 4) is 33.4 Å². The van der Waals surface area contributed by atoms with Crippen LogP contribution in [0.3, 0.4) is 0 Å². The van der Waals surface area contributed by atoms with Crippen LogP contribution in [0.15, 0.2) is 205 Å². The van der Waals surface area contributed by atoms with Gasteiger partial charge in [-0.25, -0.2) is 0 Å². The van der Waals surface area contributed by atoms with E-state index in [4.69, 9.17) is 4.42 Å². The van der Waals surface area contributed by atoms with E-state index >= 15 is 0 Å². The van der Waals surface area contributed by atoms with Crippen molar-refractivity contribution in [2.24, 2.45) is 0 Å². The Labute approximate surface area is 302 Å². The van der Waals surface area contributed by atoms with E-state index in [2.05, 4.69) is 205 Å². The number of nitrogens with zero attached hydrogens (tertiary/aromatic N) is 1. The van der Waals surface area contributed by atoms with Gasteiger partial charge in [0.25, 0.3) is 0 Å². The topological polar surface area (TPSA) is 16.4 Å². The fourth-order valence-electron chi connectivity index (χ4n) is 7.76. The second kappa shape index (κ2) is 12.5. The number of para-hydroxylation sites is 2. The zero-order valence-corrected chi connectivity index (χ0v) is 28.4. The largest absolute Gasteiger partial charge is 0.455 e. The highest BCUT2D eigenvalue weighted by Crippen LogP contribution is 2.45. The Morgan fingerprint density at radius 2 is 0.808 bits per heavy atom. The first-order valence-electron chi connectivity index (χ1n) is 17.8. The van der Waals surface area contributed by atoms with E-state index in [1.165, 1.54) is 38.4 Å². The number of hydrogen-bond acceptors (Lipinski definition) is 2. The number of benzene rings is 9. The molecule has 0 atom stereocenters. The van der Waals surface area contributed by atoms with E-state index in [-0.39, 0.29) is 0 Å². The molecule has 52 heavy (non-hydrogen) atoms. The average molecular weight is 664 g/mol. The first-order valence-corrected chi connectivity index (χ1v) is 17.8. The molecule has 0 aliphatic rings. The molecule has 10 rings (SSSR count). The predicted octanol–water partition coefficient (Wildman–Crippen LogP) is 14.4. The maximum Gasteiger partial charge on any atom is 0.143 e. The number of furan rings is 1. The molecular formula is C50H33NO. The first-order chi connectivity index (χ1) is 25.8. The average Bonchev–Trinajstić information content (AvgIpc) is 3.62. The molecule has 0 bridgehead atoms. The third-order valence-corrected chi connectivity index (χ3v) is 10.3. The van der Waals surface area contributed by atoms with Crippen molar-refractivity contribution < 1.29 is 4.42 Å².